The van der Waals surface area contributed by atoms with Crippen LogP contribution in [0.5, 0.6) is 5.75 Å². The van der Waals surface area contributed by atoms with Gasteiger partial charge in [0.1, 0.15) is 54.1 Å². The summed E-state index contributed by atoms with van der Waals surface area (Å²) in [6.07, 6.45) is 2.63. The topological polar surface area (TPSA) is 429 Å². The summed E-state index contributed by atoms with van der Waals surface area (Å²) in [7, 11) is 0. The van der Waals surface area contributed by atoms with Crippen molar-refractivity contribution >= 4 is 59.1 Å². The van der Waals surface area contributed by atoms with E-state index in [2.05, 4.69) is 42.5 Å². The van der Waals surface area contributed by atoms with Crippen molar-refractivity contribution in [2.45, 2.75) is 133 Å². The van der Waals surface area contributed by atoms with Crippen molar-refractivity contribution in [2.75, 3.05) is 45.9 Å². The van der Waals surface area contributed by atoms with Gasteiger partial charge >= 0.3 is 5.97 Å². The van der Waals surface area contributed by atoms with Gasteiger partial charge < -0.3 is 85.1 Å². The third-order valence-electron chi connectivity index (χ3n) is 11.8. The van der Waals surface area contributed by atoms with Crippen LogP contribution in [-0.4, -0.2) is 179 Å². The highest BCUT2D eigenvalue weighted by molar-refractivity contribution is 5.98. The SMILES string of the molecule is CC[C@H](C)[C@H](NC(=O)[C@H](Cc1ccc(O)cc1)NC(=O)[C@@H](C)NC(=O)CNC(=O)[C@@H]1CCCN1C(=O)CN)C(=O)N[C@@H](CO)C(=O)N[C@@H](CCCCN)C(=O)N[C@@H](CCCCN)C(=O)N[C@@H](CO)C(=O)O. The largest absolute Gasteiger partial charge is 0.508 e. The van der Waals surface area contributed by atoms with E-state index in [-0.39, 0.29) is 44.6 Å². The fraction of sp³-hybridized carbons (Fsp3) is 0.644. The number of carbonyl (C=O) groups excluding carboxylic acids is 9. The number of aromatic hydroxyl groups is 1. The van der Waals surface area contributed by atoms with E-state index < -0.39 is 133 Å². The number of carboxylic acids is 1. The molecule has 9 amide bonds. The monoisotopic (exact) mass is 1010 g/mol. The Morgan fingerprint density at radius 3 is 1.68 bits per heavy atom. The van der Waals surface area contributed by atoms with Crippen molar-refractivity contribution in [3.8, 4) is 5.75 Å². The molecule has 0 spiro atoms. The molecule has 9 atom stereocenters. The van der Waals surface area contributed by atoms with E-state index in [1.54, 1.807) is 13.8 Å². The van der Waals surface area contributed by atoms with Crippen molar-refractivity contribution in [1.82, 2.24) is 47.4 Å². The highest BCUT2D eigenvalue weighted by Gasteiger charge is 2.36. The maximum atomic E-state index is 14.1. The van der Waals surface area contributed by atoms with E-state index in [1.807, 2.05) is 0 Å². The minimum absolute atomic E-state index is 0.0109. The molecule has 1 aliphatic rings. The second kappa shape index (κ2) is 31.7. The lowest BCUT2D eigenvalue weighted by Crippen LogP contribution is -2.61. The van der Waals surface area contributed by atoms with Gasteiger partial charge in [0, 0.05) is 13.0 Å². The van der Waals surface area contributed by atoms with Crippen molar-refractivity contribution < 1.29 is 68.4 Å². The molecule has 26 heteroatoms. The number of aliphatic hydroxyl groups excluding tert-OH is 2. The van der Waals surface area contributed by atoms with Crippen LogP contribution in [-0.2, 0) is 54.4 Å². The molecule has 1 aromatic rings. The van der Waals surface area contributed by atoms with Crippen LogP contribution in [0.3, 0.4) is 0 Å². The summed E-state index contributed by atoms with van der Waals surface area (Å²) in [6.45, 7) is 2.80. The molecule has 2 rings (SSSR count). The number of nitrogens with zero attached hydrogens (tertiary/aromatic N) is 1. The predicted octanol–water partition coefficient (Wildman–Crippen LogP) is -5.21. The molecule has 26 nitrogen and oxygen atoms in total. The molecule has 0 unspecified atom stereocenters. The first kappa shape index (κ1) is 60.6. The van der Waals surface area contributed by atoms with Gasteiger partial charge in [0.05, 0.1) is 26.3 Å². The lowest BCUT2D eigenvalue weighted by atomic mass is 9.96. The lowest BCUT2D eigenvalue weighted by molar-refractivity contribution is -0.143. The van der Waals surface area contributed by atoms with E-state index >= 15 is 0 Å². The third-order valence-corrected chi connectivity index (χ3v) is 11.8. The maximum absolute atomic E-state index is 14.1. The van der Waals surface area contributed by atoms with Gasteiger partial charge in [0.2, 0.25) is 53.2 Å². The summed E-state index contributed by atoms with van der Waals surface area (Å²) in [5.41, 5.74) is 17.2. The highest BCUT2D eigenvalue weighted by Crippen LogP contribution is 2.18. The number of phenols is 1. The van der Waals surface area contributed by atoms with E-state index in [4.69, 9.17) is 17.2 Å². The van der Waals surface area contributed by atoms with Crippen LogP contribution in [0.1, 0.15) is 84.1 Å². The molecule has 1 heterocycles. The molecule has 0 saturated carbocycles. The van der Waals surface area contributed by atoms with Gasteiger partial charge in [0.15, 0.2) is 0 Å². The number of carbonyl (C=O) groups is 10. The van der Waals surface area contributed by atoms with Crippen LogP contribution in [0.2, 0.25) is 0 Å². The Labute approximate surface area is 412 Å². The van der Waals surface area contributed by atoms with Crippen LogP contribution < -0.4 is 59.7 Å². The van der Waals surface area contributed by atoms with Gasteiger partial charge in [-0.25, -0.2) is 4.79 Å². The van der Waals surface area contributed by atoms with E-state index in [0.717, 1.165) is 0 Å². The first-order valence-electron chi connectivity index (χ1n) is 23.8. The molecule has 0 aliphatic carbocycles. The van der Waals surface area contributed by atoms with Gasteiger partial charge in [-0.05, 0) is 95.0 Å². The van der Waals surface area contributed by atoms with Crippen LogP contribution >= 0.6 is 0 Å². The normalized spacial score (nSPS) is 16.6. The Hall–Kier alpha value is -6.48. The fourth-order valence-corrected chi connectivity index (χ4v) is 7.41. The Morgan fingerprint density at radius 1 is 0.662 bits per heavy atom. The van der Waals surface area contributed by atoms with Crippen LogP contribution in [0, 0.1) is 5.92 Å². The average Bonchev–Trinajstić information content (AvgIpc) is 3.85. The molecule has 71 heavy (non-hydrogen) atoms. The summed E-state index contributed by atoms with van der Waals surface area (Å²) in [5, 5.41) is 58.7. The zero-order chi connectivity index (χ0) is 53.2. The number of rotatable bonds is 32. The zero-order valence-electron chi connectivity index (χ0n) is 40.6. The predicted molar refractivity (Wildman–Crippen MR) is 255 cm³/mol. The minimum Gasteiger partial charge on any atom is -0.508 e. The highest BCUT2D eigenvalue weighted by atomic mass is 16.4. The standard InChI is InChI=1S/C45H74N12O14/c1-4-25(2)37(44(69)54-32(23-58)42(67)52-29(10-5-7-17-46)39(64)51-30(11-6-8-18-47)40(65)55-33(24-59)45(70)71)56-41(66)31(20-27-13-15-28(60)16-14-27)53-38(63)26(3)50-35(61)22-49-43(68)34-12-9-19-57(34)36(62)21-48/h13-16,25-26,29-34,37,58-60H,4-12,17-24,46-48H2,1-3H3,(H,49,68)(H,50,61)(H,51,64)(H,52,67)(H,53,63)(H,54,69)(H,55,65)(H,56,66)(H,70,71)/t25-,26+,29-,30-,31-,32-,33-,34-,37-/m0/s1. The number of aliphatic hydroxyl groups is 2. The molecule has 0 bridgehead atoms. The number of phenolic OH excluding ortho intramolecular Hbond substituents is 1. The molecule has 0 aromatic heterocycles. The fourth-order valence-electron chi connectivity index (χ4n) is 7.41. The molecule has 18 N–H and O–H groups in total. The van der Waals surface area contributed by atoms with Crippen molar-refractivity contribution in [2.24, 2.45) is 23.1 Å². The van der Waals surface area contributed by atoms with Gasteiger partial charge in [0.25, 0.3) is 0 Å². The molecule has 398 valence electrons. The van der Waals surface area contributed by atoms with E-state index in [9.17, 15) is 68.4 Å². The number of hydrogen-bond donors (Lipinski definition) is 15. The average molecular weight is 1010 g/mol. The number of nitrogens with one attached hydrogen (secondary N) is 8. The quantitative estimate of drug-likeness (QED) is 0.0300. The number of carboxylic acid groups (broad SMARTS) is 1. The molecular formula is C45H74N12O14. The number of likely N-dealkylation sites (tertiary alicyclic amines) is 1. The first-order chi connectivity index (χ1) is 33.7. The summed E-state index contributed by atoms with van der Waals surface area (Å²) in [4.78, 5) is 133. The Balaban J connectivity index is 2.27. The van der Waals surface area contributed by atoms with Gasteiger partial charge in [-0.3, -0.25) is 43.2 Å². The van der Waals surface area contributed by atoms with Gasteiger partial charge in [-0.15, -0.1) is 0 Å². The molecule has 1 saturated heterocycles. The number of hydrogen-bond acceptors (Lipinski definition) is 16. The number of benzene rings is 1. The zero-order valence-corrected chi connectivity index (χ0v) is 40.6. The Bertz CT molecular complexity index is 1960. The van der Waals surface area contributed by atoms with Crippen LogP contribution in [0.25, 0.3) is 0 Å². The molecule has 0 radical (unpaired) electrons. The molecule has 1 aliphatic heterocycles. The summed E-state index contributed by atoms with van der Waals surface area (Å²) in [6, 6.07) is -5.14. The summed E-state index contributed by atoms with van der Waals surface area (Å²) in [5.74, 6) is -9.37. The first-order valence-corrected chi connectivity index (χ1v) is 23.8. The second-order valence-corrected chi connectivity index (χ2v) is 17.3. The maximum Gasteiger partial charge on any atom is 0.328 e. The minimum atomic E-state index is -1.69. The number of unbranched alkanes of at least 4 members (excludes halogenated alkanes) is 2. The summed E-state index contributed by atoms with van der Waals surface area (Å²) < 4.78 is 0. The number of nitrogens with two attached hydrogens (primary N) is 3. The Morgan fingerprint density at radius 2 is 1.17 bits per heavy atom. The van der Waals surface area contributed by atoms with Crippen LogP contribution in [0.15, 0.2) is 24.3 Å². The van der Waals surface area contributed by atoms with Crippen molar-refractivity contribution in [3.63, 3.8) is 0 Å². The molecular weight excluding hydrogens is 933 g/mol. The smallest absolute Gasteiger partial charge is 0.328 e. The Kier molecular flexibility index (Phi) is 27.1. The lowest BCUT2D eigenvalue weighted by Gasteiger charge is -2.29. The molecule has 1 fully saturated rings. The van der Waals surface area contributed by atoms with Crippen LogP contribution in [0.4, 0.5) is 0 Å². The third kappa shape index (κ3) is 20.4. The van der Waals surface area contributed by atoms with E-state index in [1.165, 1.54) is 36.1 Å². The number of amides is 9. The van der Waals surface area contributed by atoms with Crippen molar-refractivity contribution in [1.29, 1.82) is 0 Å². The summed E-state index contributed by atoms with van der Waals surface area (Å²) >= 11 is 0. The van der Waals surface area contributed by atoms with Gasteiger partial charge in [-0.2, -0.15) is 0 Å². The molecule has 1 aromatic carbocycles. The van der Waals surface area contributed by atoms with Crippen molar-refractivity contribution in [3.05, 3.63) is 29.8 Å². The number of aliphatic carboxylic acids is 1. The van der Waals surface area contributed by atoms with E-state index in [0.29, 0.717) is 57.1 Å². The second-order valence-electron chi connectivity index (χ2n) is 17.3. The van der Waals surface area contributed by atoms with Gasteiger partial charge in [-0.1, -0.05) is 32.4 Å².